The van der Waals surface area contributed by atoms with E-state index in [1.165, 1.54) is 5.52 Å². The number of hydrogen-bond acceptors (Lipinski definition) is 5. The fraction of sp³-hybridized carbons (Fsp3) is 0.444. The highest BCUT2D eigenvalue weighted by molar-refractivity contribution is 6.11. The molecule has 0 radical (unpaired) electrons. The number of para-hydroxylation sites is 1. The maximum absolute atomic E-state index is 6.45. The highest BCUT2D eigenvalue weighted by Gasteiger charge is 2.25. The van der Waals surface area contributed by atoms with E-state index < -0.39 is 0 Å². The number of fused-ring (bicyclic) bond motifs is 4. The molecule has 3 heterocycles. The van der Waals surface area contributed by atoms with Gasteiger partial charge in [0.1, 0.15) is 31.5 Å². The molecule has 34 heavy (non-hydrogen) atoms. The minimum Gasteiger partial charge on any atom is -0.488 e. The zero-order valence-corrected chi connectivity index (χ0v) is 20.8. The van der Waals surface area contributed by atoms with Crippen LogP contribution in [-0.4, -0.2) is 83.1 Å². The second-order valence-corrected chi connectivity index (χ2v) is 10.1. The lowest BCUT2D eigenvalue weighted by atomic mass is 10.1. The zero-order chi connectivity index (χ0) is 23.7. The molecule has 2 aromatic heterocycles. The summed E-state index contributed by atoms with van der Waals surface area (Å²) in [5.41, 5.74) is 5.07. The quantitative estimate of drug-likeness (QED) is 0.320. The Kier molecular flexibility index (Phi) is 6.34. The van der Waals surface area contributed by atoms with Gasteiger partial charge >= 0.3 is 0 Å². The SMILES string of the molecule is C[n+]1c2ccccc2c(NCCN2CCOCC2)c2oc3ccc(OCC[N+](C)(C)C)cc3c21. The summed E-state index contributed by atoms with van der Waals surface area (Å²) in [6.07, 6.45) is 0. The summed E-state index contributed by atoms with van der Waals surface area (Å²) in [5.74, 6) is 0.874. The number of aryl methyl sites for hydroxylation is 1. The van der Waals surface area contributed by atoms with Gasteiger partial charge in [-0.05, 0) is 24.3 Å². The van der Waals surface area contributed by atoms with E-state index in [2.05, 4.69) is 73.3 Å². The molecule has 7 nitrogen and oxygen atoms in total. The van der Waals surface area contributed by atoms with E-state index in [9.17, 15) is 0 Å². The first-order valence-electron chi connectivity index (χ1n) is 12.1. The number of pyridine rings is 1. The molecule has 0 atom stereocenters. The average Bonchev–Trinajstić information content (AvgIpc) is 3.20. The number of benzene rings is 2. The van der Waals surface area contributed by atoms with Crippen molar-refractivity contribution in [2.75, 3.05) is 79.0 Å². The first-order chi connectivity index (χ1) is 16.4. The summed E-state index contributed by atoms with van der Waals surface area (Å²) >= 11 is 0. The number of furan rings is 1. The van der Waals surface area contributed by atoms with Gasteiger partial charge in [-0.3, -0.25) is 4.90 Å². The number of rotatable bonds is 8. The van der Waals surface area contributed by atoms with E-state index in [4.69, 9.17) is 13.9 Å². The van der Waals surface area contributed by atoms with Gasteiger partial charge in [0.05, 0.1) is 50.8 Å². The average molecular weight is 465 g/mol. The Bertz CT molecular complexity index is 1300. The Balaban J connectivity index is 1.52. The molecule has 7 heteroatoms. The van der Waals surface area contributed by atoms with Crippen molar-refractivity contribution in [1.29, 1.82) is 0 Å². The van der Waals surface area contributed by atoms with Crippen molar-refractivity contribution in [3.63, 3.8) is 0 Å². The maximum atomic E-state index is 6.45. The predicted octanol–water partition coefficient (Wildman–Crippen LogP) is 3.39. The summed E-state index contributed by atoms with van der Waals surface area (Å²) in [4.78, 5) is 2.44. The van der Waals surface area contributed by atoms with Crippen LogP contribution in [0.5, 0.6) is 5.75 Å². The highest BCUT2D eigenvalue weighted by Crippen LogP contribution is 2.37. The lowest BCUT2D eigenvalue weighted by molar-refractivity contribution is -0.870. The van der Waals surface area contributed by atoms with Gasteiger partial charge in [0.25, 0.3) is 5.52 Å². The summed E-state index contributed by atoms with van der Waals surface area (Å²) in [5, 5.41) is 5.95. The third-order valence-corrected chi connectivity index (χ3v) is 6.59. The van der Waals surface area contributed by atoms with Gasteiger partial charge in [-0.2, -0.15) is 4.57 Å². The Morgan fingerprint density at radius 2 is 1.85 bits per heavy atom. The third-order valence-electron chi connectivity index (χ3n) is 6.59. The number of morpholine rings is 1. The second-order valence-electron chi connectivity index (χ2n) is 10.1. The van der Waals surface area contributed by atoms with Gasteiger partial charge in [-0.25, -0.2) is 0 Å². The van der Waals surface area contributed by atoms with Crippen LogP contribution in [0.2, 0.25) is 0 Å². The molecule has 5 rings (SSSR count). The molecule has 1 N–H and O–H groups in total. The fourth-order valence-corrected chi connectivity index (χ4v) is 4.65. The topological polar surface area (TPSA) is 50.8 Å². The van der Waals surface area contributed by atoms with Gasteiger partial charge in [0.15, 0.2) is 0 Å². The molecule has 1 aliphatic rings. The van der Waals surface area contributed by atoms with Crippen molar-refractivity contribution in [1.82, 2.24) is 4.90 Å². The first-order valence-corrected chi connectivity index (χ1v) is 12.1. The smallest absolute Gasteiger partial charge is 0.261 e. The molecule has 0 unspecified atom stereocenters. The molecule has 2 aromatic carbocycles. The van der Waals surface area contributed by atoms with E-state index in [1.807, 2.05) is 12.1 Å². The number of nitrogens with zero attached hydrogens (tertiary/aromatic N) is 3. The molecule has 0 bridgehead atoms. The fourth-order valence-electron chi connectivity index (χ4n) is 4.65. The van der Waals surface area contributed by atoms with Gasteiger partial charge in [-0.15, -0.1) is 0 Å². The van der Waals surface area contributed by atoms with Crippen LogP contribution >= 0.6 is 0 Å². The molecule has 0 aliphatic carbocycles. The Morgan fingerprint density at radius 3 is 2.65 bits per heavy atom. The standard InChI is InChI=1S/C27H35N4O3/c1-29-23-8-6-5-7-21(23)25(28-11-12-30-13-16-32-17-14-30)27-26(29)22-19-20(9-10-24(22)34-27)33-18-15-31(2,3)4/h5-10,19H,11-18H2,1-4H3/q+1/p+1. The van der Waals surface area contributed by atoms with Gasteiger partial charge < -0.3 is 23.7 Å². The number of hydrogen-bond donors (Lipinski definition) is 1. The summed E-state index contributed by atoms with van der Waals surface area (Å²) in [6.45, 7) is 7.06. The van der Waals surface area contributed by atoms with Crippen LogP contribution in [0.25, 0.3) is 33.0 Å². The lowest BCUT2D eigenvalue weighted by Crippen LogP contribution is -2.39. The van der Waals surface area contributed by atoms with E-state index in [0.29, 0.717) is 6.61 Å². The normalized spacial score (nSPS) is 15.4. The summed E-state index contributed by atoms with van der Waals surface area (Å²) in [7, 11) is 8.64. The minimum atomic E-state index is 0.675. The van der Waals surface area contributed by atoms with Crippen LogP contribution in [0.15, 0.2) is 46.9 Å². The Morgan fingerprint density at radius 1 is 1.06 bits per heavy atom. The van der Waals surface area contributed by atoms with Crippen molar-refractivity contribution in [2.24, 2.45) is 7.05 Å². The van der Waals surface area contributed by atoms with Crippen molar-refractivity contribution < 1.29 is 22.9 Å². The van der Waals surface area contributed by atoms with Gasteiger partial charge in [-0.1, -0.05) is 12.1 Å². The number of likely N-dealkylation sites (N-methyl/N-ethyl adjacent to an activating group) is 1. The third kappa shape index (κ3) is 4.69. The first kappa shape index (κ1) is 22.9. The van der Waals surface area contributed by atoms with E-state index in [1.54, 1.807) is 0 Å². The van der Waals surface area contributed by atoms with Gasteiger partial charge in [0, 0.05) is 32.2 Å². The lowest BCUT2D eigenvalue weighted by Gasteiger charge is -2.26. The number of ether oxygens (including phenoxy) is 2. The van der Waals surface area contributed by atoms with Crippen molar-refractivity contribution in [3.8, 4) is 5.75 Å². The molecule has 4 aromatic rings. The molecule has 1 aliphatic heterocycles. The van der Waals surface area contributed by atoms with Crippen LogP contribution in [0.1, 0.15) is 0 Å². The highest BCUT2D eigenvalue weighted by atomic mass is 16.5. The summed E-state index contributed by atoms with van der Waals surface area (Å²) in [6, 6.07) is 14.7. The Hall–Kier alpha value is -2.87. The molecular weight excluding hydrogens is 428 g/mol. The number of aromatic nitrogens is 1. The monoisotopic (exact) mass is 464 g/mol. The van der Waals surface area contributed by atoms with Crippen LogP contribution in [0.3, 0.4) is 0 Å². The number of quaternary nitrogens is 1. The molecular formula is C27H36N4O3+2. The van der Waals surface area contributed by atoms with Crippen LogP contribution in [0, 0.1) is 0 Å². The van der Waals surface area contributed by atoms with Crippen molar-refractivity contribution >= 4 is 38.7 Å². The molecule has 1 fully saturated rings. The largest absolute Gasteiger partial charge is 0.488 e. The maximum Gasteiger partial charge on any atom is 0.261 e. The molecule has 180 valence electrons. The minimum absolute atomic E-state index is 0.675. The van der Waals surface area contributed by atoms with E-state index in [-0.39, 0.29) is 0 Å². The Labute approximate surface area is 201 Å². The number of nitrogens with one attached hydrogen (secondary N) is 1. The van der Waals surface area contributed by atoms with Crippen LogP contribution in [0.4, 0.5) is 5.69 Å². The predicted molar refractivity (Wildman–Crippen MR) is 137 cm³/mol. The molecule has 0 spiro atoms. The van der Waals surface area contributed by atoms with Gasteiger partial charge in [0.2, 0.25) is 11.1 Å². The van der Waals surface area contributed by atoms with Crippen LogP contribution in [-0.2, 0) is 11.8 Å². The van der Waals surface area contributed by atoms with Crippen LogP contribution < -0.4 is 14.6 Å². The van der Waals surface area contributed by atoms with Crippen molar-refractivity contribution in [2.45, 2.75) is 0 Å². The molecule has 1 saturated heterocycles. The molecule has 0 saturated carbocycles. The zero-order valence-electron chi connectivity index (χ0n) is 20.8. The summed E-state index contributed by atoms with van der Waals surface area (Å²) < 4.78 is 21.1. The second kappa shape index (κ2) is 9.41. The van der Waals surface area contributed by atoms with E-state index >= 15 is 0 Å². The number of anilines is 1. The van der Waals surface area contributed by atoms with Crippen molar-refractivity contribution in [3.05, 3.63) is 42.5 Å². The molecule has 0 amide bonds. The van der Waals surface area contributed by atoms with E-state index in [0.717, 1.165) is 89.3 Å².